The first-order valence-corrected chi connectivity index (χ1v) is 9.79. The minimum absolute atomic E-state index is 0.102. The summed E-state index contributed by atoms with van der Waals surface area (Å²) in [4.78, 5) is 21.1. The third-order valence-electron chi connectivity index (χ3n) is 4.11. The fourth-order valence-corrected chi connectivity index (χ4v) is 3.63. The van der Waals surface area contributed by atoms with E-state index in [1.165, 1.54) is 16.9 Å². The minimum atomic E-state index is -0.102. The van der Waals surface area contributed by atoms with Crippen LogP contribution in [0, 0.1) is 0 Å². The second-order valence-corrected chi connectivity index (χ2v) is 7.47. The van der Waals surface area contributed by atoms with Gasteiger partial charge in [0.25, 0.3) is 5.91 Å². The van der Waals surface area contributed by atoms with Crippen molar-refractivity contribution in [2.45, 2.75) is 39.2 Å². The van der Waals surface area contributed by atoms with Gasteiger partial charge >= 0.3 is 0 Å². The normalized spacial score (nSPS) is 11.0. The lowest BCUT2D eigenvalue weighted by atomic mass is 10.2. The maximum absolute atomic E-state index is 12.3. The summed E-state index contributed by atoms with van der Waals surface area (Å²) < 4.78 is 2.15. The van der Waals surface area contributed by atoms with Gasteiger partial charge in [0.15, 0.2) is 0 Å². The molecule has 1 amide bonds. The van der Waals surface area contributed by atoms with Crippen molar-refractivity contribution >= 4 is 17.2 Å². The van der Waals surface area contributed by atoms with Crippen molar-refractivity contribution in [3.05, 3.63) is 70.2 Å². The Balaban J connectivity index is 1.46. The number of hydrogen-bond donors (Lipinski definition) is 1. The maximum Gasteiger partial charge on any atom is 0.270 e. The highest BCUT2D eigenvalue weighted by molar-refractivity contribution is 7.09. The van der Waals surface area contributed by atoms with E-state index in [-0.39, 0.29) is 5.91 Å². The number of amides is 1. The predicted molar refractivity (Wildman–Crippen MR) is 105 cm³/mol. The summed E-state index contributed by atoms with van der Waals surface area (Å²) in [6.07, 6.45) is 5.45. The number of thiazole rings is 1. The SMILES string of the molecule is CC(C)c1nccn1CCCNC(=O)c1csc(Cc2ccccc2)n1. The number of aryl methyl sites for hydroxylation is 1. The van der Waals surface area contributed by atoms with Crippen LogP contribution in [-0.2, 0) is 13.0 Å². The molecule has 0 aliphatic carbocycles. The van der Waals surface area contributed by atoms with E-state index in [0.29, 0.717) is 18.2 Å². The average Bonchev–Trinajstić information content (AvgIpc) is 3.29. The highest BCUT2D eigenvalue weighted by Crippen LogP contribution is 2.15. The van der Waals surface area contributed by atoms with Gasteiger partial charge in [-0.05, 0) is 12.0 Å². The molecule has 0 atom stereocenters. The molecule has 0 bridgehead atoms. The number of carbonyl (C=O) groups is 1. The van der Waals surface area contributed by atoms with E-state index in [0.717, 1.165) is 30.2 Å². The Kier molecular flexibility index (Phi) is 6.17. The second kappa shape index (κ2) is 8.76. The number of aromatic nitrogens is 3. The Morgan fingerprint density at radius 3 is 2.85 bits per heavy atom. The van der Waals surface area contributed by atoms with E-state index in [2.05, 4.69) is 45.8 Å². The number of nitrogens with zero attached hydrogens (tertiary/aromatic N) is 3. The zero-order valence-corrected chi connectivity index (χ0v) is 16.0. The lowest BCUT2D eigenvalue weighted by Crippen LogP contribution is -2.25. The molecule has 2 aromatic heterocycles. The largest absolute Gasteiger partial charge is 0.351 e. The molecule has 0 aliphatic heterocycles. The van der Waals surface area contributed by atoms with Gasteiger partial charge in [-0.3, -0.25) is 4.79 Å². The van der Waals surface area contributed by atoms with Crippen LogP contribution in [0.15, 0.2) is 48.1 Å². The fraction of sp³-hybridized carbons (Fsp3) is 0.350. The summed E-state index contributed by atoms with van der Waals surface area (Å²) in [7, 11) is 0. The molecule has 6 heteroatoms. The summed E-state index contributed by atoms with van der Waals surface area (Å²) in [6.45, 7) is 5.75. The number of benzene rings is 1. The van der Waals surface area contributed by atoms with Gasteiger partial charge in [-0.2, -0.15) is 0 Å². The van der Waals surface area contributed by atoms with E-state index in [4.69, 9.17) is 0 Å². The molecule has 1 aromatic carbocycles. The van der Waals surface area contributed by atoms with Crippen molar-refractivity contribution in [3.63, 3.8) is 0 Å². The first-order chi connectivity index (χ1) is 12.6. The Hall–Kier alpha value is -2.47. The molecule has 1 N–H and O–H groups in total. The van der Waals surface area contributed by atoms with Crippen LogP contribution in [0.1, 0.15) is 53.1 Å². The smallest absolute Gasteiger partial charge is 0.270 e. The van der Waals surface area contributed by atoms with Crippen LogP contribution < -0.4 is 5.32 Å². The van der Waals surface area contributed by atoms with Crippen molar-refractivity contribution < 1.29 is 4.79 Å². The van der Waals surface area contributed by atoms with Gasteiger partial charge in [0.2, 0.25) is 0 Å². The molecule has 136 valence electrons. The molecule has 5 nitrogen and oxygen atoms in total. The fourth-order valence-electron chi connectivity index (χ4n) is 2.82. The topological polar surface area (TPSA) is 59.8 Å². The van der Waals surface area contributed by atoms with Crippen LogP contribution in [0.4, 0.5) is 0 Å². The summed E-state index contributed by atoms with van der Waals surface area (Å²) in [5, 5.41) is 5.75. The maximum atomic E-state index is 12.3. The van der Waals surface area contributed by atoms with Crippen molar-refractivity contribution in [2.24, 2.45) is 0 Å². The second-order valence-electron chi connectivity index (χ2n) is 6.53. The molecule has 0 spiro atoms. The number of imidazole rings is 1. The summed E-state index contributed by atoms with van der Waals surface area (Å²) in [6, 6.07) is 10.2. The van der Waals surface area contributed by atoms with Crippen LogP contribution in [0.5, 0.6) is 0 Å². The van der Waals surface area contributed by atoms with Crippen LogP contribution in [0.2, 0.25) is 0 Å². The van der Waals surface area contributed by atoms with Gasteiger partial charge in [-0.25, -0.2) is 9.97 Å². The average molecular weight is 369 g/mol. The van der Waals surface area contributed by atoms with Gasteiger partial charge in [-0.1, -0.05) is 44.2 Å². The van der Waals surface area contributed by atoms with E-state index in [1.807, 2.05) is 36.0 Å². The van der Waals surface area contributed by atoms with Gasteiger partial charge in [-0.15, -0.1) is 11.3 Å². The van der Waals surface area contributed by atoms with Crippen molar-refractivity contribution in [1.29, 1.82) is 0 Å². The molecule has 0 fully saturated rings. The predicted octanol–water partition coefficient (Wildman–Crippen LogP) is 3.87. The first kappa shape index (κ1) is 18.3. The molecule has 3 aromatic rings. The van der Waals surface area contributed by atoms with Crippen molar-refractivity contribution in [2.75, 3.05) is 6.54 Å². The number of rotatable bonds is 8. The monoisotopic (exact) mass is 368 g/mol. The summed E-state index contributed by atoms with van der Waals surface area (Å²) >= 11 is 1.53. The molecule has 0 saturated heterocycles. The van der Waals surface area contributed by atoms with Gasteiger partial charge in [0.05, 0.1) is 5.01 Å². The highest BCUT2D eigenvalue weighted by atomic mass is 32.1. The summed E-state index contributed by atoms with van der Waals surface area (Å²) in [5.74, 6) is 1.38. The van der Waals surface area contributed by atoms with Crippen molar-refractivity contribution in [1.82, 2.24) is 19.9 Å². The van der Waals surface area contributed by atoms with Gasteiger partial charge in [0.1, 0.15) is 11.5 Å². The van der Waals surface area contributed by atoms with Crippen molar-refractivity contribution in [3.8, 4) is 0 Å². The molecule has 0 radical (unpaired) electrons. The Bertz CT molecular complexity index is 838. The molecule has 26 heavy (non-hydrogen) atoms. The quantitative estimate of drug-likeness (QED) is 0.614. The third kappa shape index (κ3) is 4.79. The van der Waals surface area contributed by atoms with E-state index >= 15 is 0 Å². The number of carbonyl (C=O) groups excluding carboxylic acids is 1. The third-order valence-corrected chi connectivity index (χ3v) is 4.96. The van der Waals surface area contributed by atoms with E-state index in [1.54, 1.807) is 0 Å². The van der Waals surface area contributed by atoms with E-state index in [9.17, 15) is 4.79 Å². The van der Waals surface area contributed by atoms with Crippen LogP contribution in [0.25, 0.3) is 0 Å². The van der Waals surface area contributed by atoms with Gasteiger partial charge < -0.3 is 9.88 Å². The lowest BCUT2D eigenvalue weighted by molar-refractivity contribution is 0.0948. The molecule has 0 saturated carbocycles. The standard InChI is InChI=1S/C20H24N4OS/c1-15(2)19-21-10-12-24(19)11-6-9-22-20(25)17-14-26-18(23-17)13-16-7-4-3-5-8-16/h3-5,7-8,10,12,14-15H,6,9,11,13H2,1-2H3,(H,22,25). The summed E-state index contributed by atoms with van der Waals surface area (Å²) in [5.41, 5.74) is 1.71. The van der Waals surface area contributed by atoms with E-state index < -0.39 is 0 Å². The molecule has 0 unspecified atom stereocenters. The lowest BCUT2D eigenvalue weighted by Gasteiger charge is -2.10. The Morgan fingerprint density at radius 2 is 2.08 bits per heavy atom. The van der Waals surface area contributed by atoms with Crippen LogP contribution >= 0.6 is 11.3 Å². The molecular weight excluding hydrogens is 344 g/mol. The first-order valence-electron chi connectivity index (χ1n) is 8.91. The molecule has 2 heterocycles. The Morgan fingerprint density at radius 1 is 1.27 bits per heavy atom. The van der Waals surface area contributed by atoms with Crippen LogP contribution in [0.3, 0.4) is 0 Å². The molecular formula is C20H24N4OS. The van der Waals surface area contributed by atoms with Gasteiger partial charge in [0, 0.05) is 43.2 Å². The number of hydrogen-bond acceptors (Lipinski definition) is 4. The zero-order valence-electron chi connectivity index (χ0n) is 15.2. The molecule has 3 rings (SSSR count). The molecule has 0 aliphatic rings. The number of nitrogens with one attached hydrogen (secondary N) is 1. The Labute approximate surface area is 158 Å². The highest BCUT2D eigenvalue weighted by Gasteiger charge is 2.11. The minimum Gasteiger partial charge on any atom is -0.351 e. The zero-order chi connectivity index (χ0) is 18.4. The van der Waals surface area contributed by atoms with Crippen LogP contribution in [-0.4, -0.2) is 27.0 Å².